The molecule has 82 valence electrons. The largest absolute Gasteiger partial charge is 0.348 e. The van der Waals surface area contributed by atoms with Crippen LogP contribution in [-0.4, -0.2) is 16.9 Å². The zero-order valence-electron chi connectivity index (χ0n) is 9.10. The molecule has 1 unspecified atom stereocenters. The summed E-state index contributed by atoms with van der Waals surface area (Å²) < 4.78 is 0. The average Bonchev–Trinajstić information content (AvgIpc) is 2.29. The lowest BCUT2D eigenvalue weighted by molar-refractivity contribution is -0.123. The lowest BCUT2D eigenvalue weighted by Crippen LogP contribution is -2.41. The van der Waals surface area contributed by atoms with Gasteiger partial charge in [0.25, 0.3) is 0 Å². The third-order valence-electron chi connectivity index (χ3n) is 2.32. The van der Waals surface area contributed by atoms with Crippen molar-refractivity contribution < 1.29 is 4.79 Å². The molecule has 0 saturated carbocycles. The molecule has 1 rings (SSSR count). The molecular weight excluding hydrogens is 190 g/mol. The molecule has 0 bridgehead atoms. The Morgan fingerprint density at radius 3 is 2.93 bits per heavy atom. The molecule has 0 radical (unpaired) electrons. The molecular formula is C11H17N3O. The molecule has 0 fully saturated rings. The number of hydrogen-bond donors (Lipinski definition) is 2. The molecule has 1 aromatic heterocycles. The fourth-order valence-corrected chi connectivity index (χ4v) is 1.22. The first-order chi connectivity index (χ1) is 7.15. The van der Waals surface area contributed by atoms with E-state index in [1.54, 1.807) is 12.4 Å². The molecule has 15 heavy (non-hydrogen) atoms. The fraction of sp³-hybridized carbons (Fsp3) is 0.455. The van der Waals surface area contributed by atoms with Crippen molar-refractivity contribution >= 4 is 5.91 Å². The van der Waals surface area contributed by atoms with Crippen molar-refractivity contribution in [1.29, 1.82) is 0 Å². The number of nitrogens with one attached hydrogen (secondary N) is 1. The molecule has 0 aliphatic carbocycles. The van der Waals surface area contributed by atoms with E-state index in [0.717, 1.165) is 5.56 Å². The smallest absolute Gasteiger partial charge is 0.237 e. The van der Waals surface area contributed by atoms with E-state index < -0.39 is 6.04 Å². The first kappa shape index (κ1) is 11.7. The number of rotatable bonds is 4. The minimum Gasteiger partial charge on any atom is -0.348 e. The van der Waals surface area contributed by atoms with E-state index in [4.69, 9.17) is 5.73 Å². The van der Waals surface area contributed by atoms with Crippen LogP contribution < -0.4 is 11.1 Å². The fourth-order valence-electron chi connectivity index (χ4n) is 1.22. The van der Waals surface area contributed by atoms with Gasteiger partial charge in [-0.3, -0.25) is 9.78 Å². The Kier molecular flexibility index (Phi) is 4.24. The van der Waals surface area contributed by atoms with Gasteiger partial charge < -0.3 is 11.1 Å². The molecule has 2 atom stereocenters. The quantitative estimate of drug-likeness (QED) is 0.773. The van der Waals surface area contributed by atoms with Crippen LogP contribution in [-0.2, 0) is 4.79 Å². The maximum atomic E-state index is 11.5. The van der Waals surface area contributed by atoms with Gasteiger partial charge in [0.05, 0.1) is 12.1 Å². The van der Waals surface area contributed by atoms with Gasteiger partial charge >= 0.3 is 0 Å². The Bertz CT molecular complexity index is 313. The summed E-state index contributed by atoms with van der Waals surface area (Å²) in [5.74, 6) is -0.117. The second-order valence-electron chi connectivity index (χ2n) is 3.53. The van der Waals surface area contributed by atoms with Crippen molar-refractivity contribution in [3.8, 4) is 0 Å². The molecule has 0 aliphatic rings. The zero-order valence-corrected chi connectivity index (χ0v) is 9.10. The Morgan fingerprint density at radius 1 is 1.67 bits per heavy atom. The van der Waals surface area contributed by atoms with Crippen LogP contribution in [0.4, 0.5) is 0 Å². The summed E-state index contributed by atoms with van der Waals surface area (Å²) in [6.07, 6.45) is 4.09. The van der Waals surface area contributed by atoms with E-state index in [0.29, 0.717) is 6.42 Å². The predicted molar refractivity (Wildman–Crippen MR) is 59.1 cm³/mol. The van der Waals surface area contributed by atoms with E-state index in [9.17, 15) is 4.79 Å². The van der Waals surface area contributed by atoms with Gasteiger partial charge in [-0.05, 0) is 25.0 Å². The Labute approximate surface area is 89.9 Å². The van der Waals surface area contributed by atoms with Crippen LogP contribution in [0.25, 0.3) is 0 Å². The van der Waals surface area contributed by atoms with Gasteiger partial charge in [-0.2, -0.15) is 0 Å². The number of pyridine rings is 1. The van der Waals surface area contributed by atoms with Crippen molar-refractivity contribution in [2.75, 3.05) is 0 Å². The summed E-state index contributed by atoms with van der Waals surface area (Å²) in [6.45, 7) is 3.80. The molecule has 3 N–H and O–H groups in total. The van der Waals surface area contributed by atoms with Gasteiger partial charge in [0.15, 0.2) is 0 Å². The third-order valence-corrected chi connectivity index (χ3v) is 2.32. The van der Waals surface area contributed by atoms with E-state index >= 15 is 0 Å². The highest BCUT2D eigenvalue weighted by Gasteiger charge is 2.14. The molecule has 4 nitrogen and oxygen atoms in total. The standard InChI is InChI=1S/C11H17N3O/c1-3-10(12)11(15)14-8(2)9-5-4-6-13-7-9/h4-8,10H,3,12H2,1-2H3,(H,14,15)/t8?,10-/m1/s1. The third kappa shape index (κ3) is 3.32. The summed E-state index contributed by atoms with van der Waals surface area (Å²) >= 11 is 0. The summed E-state index contributed by atoms with van der Waals surface area (Å²) in [6, 6.07) is 3.29. The van der Waals surface area contributed by atoms with Crippen LogP contribution in [0, 0.1) is 0 Å². The Balaban J connectivity index is 2.56. The number of hydrogen-bond acceptors (Lipinski definition) is 3. The number of aromatic nitrogens is 1. The molecule has 0 saturated heterocycles. The van der Waals surface area contributed by atoms with Crippen molar-refractivity contribution in [1.82, 2.24) is 10.3 Å². The summed E-state index contributed by atoms with van der Waals surface area (Å²) in [4.78, 5) is 15.5. The van der Waals surface area contributed by atoms with Crippen molar-refractivity contribution in [2.24, 2.45) is 5.73 Å². The van der Waals surface area contributed by atoms with Crippen LogP contribution in [0.5, 0.6) is 0 Å². The van der Waals surface area contributed by atoms with E-state index in [-0.39, 0.29) is 11.9 Å². The lowest BCUT2D eigenvalue weighted by Gasteiger charge is -2.16. The van der Waals surface area contributed by atoms with Gasteiger partial charge in [-0.1, -0.05) is 13.0 Å². The summed E-state index contributed by atoms with van der Waals surface area (Å²) in [7, 11) is 0. The van der Waals surface area contributed by atoms with Gasteiger partial charge in [0.2, 0.25) is 5.91 Å². The Hall–Kier alpha value is -1.42. The number of carbonyl (C=O) groups is 1. The van der Waals surface area contributed by atoms with Crippen molar-refractivity contribution in [3.05, 3.63) is 30.1 Å². The molecule has 0 aromatic carbocycles. The van der Waals surface area contributed by atoms with Gasteiger partial charge in [0.1, 0.15) is 0 Å². The van der Waals surface area contributed by atoms with E-state index in [1.165, 1.54) is 0 Å². The topological polar surface area (TPSA) is 68.0 Å². The van der Waals surface area contributed by atoms with Crippen molar-refractivity contribution in [2.45, 2.75) is 32.4 Å². The maximum absolute atomic E-state index is 11.5. The van der Waals surface area contributed by atoms with Crippen LogP contribution in [0.1, 0.15) is 31.9 Å². The first-order valence-electron chi connectivity index (χ1n) is 5.11. The monoisotopic (exact) mass is 207 g/mol. The van der Waals surface area contributed by atoms with Crippen LogP contribution in [0.3, 0.4) is 0 Å². The predicted octanol–water partition coefficient (Wildman–Crippen LogP) is 0.996. The number of nitrogens with zero attached hydrogens (tertiary/aromatic N) is 1. The number of amides is 1. The summed E-state index contributed by atoms with van der Waals surface area (Å²) in [5.41, 5.74) is 6.60. The minimum atomic E-state index is -0.427. The highest BCUT2D eigenvalue weighted by atomic mass is 16.2. The average molecular weight is 207 g/mol. The molecule has 0 aliphatic heterocycles. The molecule has 4 heteroatoms. The van der Waals surface area contributed by atoms with Crippen LogP contribution in [0.15, 0.2) is 24.5 Å². The lowest BCUT2D eigenvalue weighted by atomic mass is 10.1. The van der Waals surface area contributed by atoms with Gasteiger partial charge in [-0.25, -0.2) is 0 Å². The normalized spacial score (nSPS) is 14.3. The SMILES string of the molecule is CC[C@@H](N)C(=O)NC(C)c1cccnc1. The summed E-state index contributed by atoms with van der Waals surface area (Å²) in [5, 5.41) is 2.84. The Morgan fingerprint density at radius 2 is 2.40 bits per heavy atom. The van der Waals surface area contributed by atoms with Gasteiger partial charge in [-0.15, -0.1) is 0 Å². The van der Waals surface area contributed by atoms with Gasteiger partial charge in [0, 0.05) is 12.4 Å². The van der Waals surface area contributed by atoms with Crippen molar-refractivity contribution in [3.63, 3.8) is 0 Å². The van der Waals surface area contributed by atoms with Crippen LogP contribution >= 0.6 is 0 Å². The van der Waals surface area contributed by atoms with Crippen LogP contribution in [0.2, 0.25) is 0 Å². The maximum Gasteiger partial charge on any atom is 0.237 e. The molecule has 1 amide bonds. The molecule has 0 spiro atoms. The zero-order chi connectivity index (χ0) is 11.3. The molecule has 1 heterocycles. The van der Waals surface area contributed by atoms with E-state index in [1.807, 2.05) is 26.0 Å². The number of nitrogens with two attached hydrogens (primary N) is 1. The highest BCUT2D eigenvalue weighted by molar-refractivity contribution is 5.81. The second-order valence-corrected chi connectivity index (χ2v) is 3.53. The number of carbonyl (C=O) groups excluding carboxylic acids is 1. The molecule has 1 aromatic rings. The second kappa shape index (κ2) is 5.46. The highest BCUT2D eigenvalue weighted by Crippen LogP contribution is 2.09. The van der Waals surface area contributed by atoms with E-state index in [2.05, 4.69) is 10.3 Å². The first-order valence-corrected chi connectivity index (χ1v) is 5.11. The minimum absolute atomic E-state index is 0.0520.